The maximum Gasteiger partial charge on any atom is 0.387 e. The number of hydrogen-bond acceptors (Lipinski definition) is 2. The summed E-state index contributed by atoms with van der Waals surface area (Å²) < 4.78 is 28.6. The van der Waals surface area contributed by atoms with Crippen LogP contribution in [-0.2, 0) is 0 Å². The van der Waals surface area contributed by atoms with Crippen LogP contribution < -0.4 is 10.1 Å². The summed E-state index contributed by atoms with van der Waals surface area (Å²) >= 11 is 0. The Morgan fingerprint density at radius 1 is 1.00 bits per heavy atom. The van der Waals surface area contributed by atoms with E-state index in [0.29, 0.717) is 0 Å². The summed E-state index contributed by atoms with van der Waals surface area (Å²) in [5.74, 6) is 0.169. The number of alkyl halides is 2. The third kappa shape index (κ3) is 4.74. The highest BCUT2D eigenvalue weighted by Crippen LogP contribution is 2.25. The summed E-state index contributed by atoms with van der Waals surface area (Å²) in [6.45, 7) is -0.655. The molecule has 1 N–H and O–H groups in total. The molecule has 4 heteroatoms. The molecule has 0 aliphatic carbocycles. The molecule has 0 radical (unpaired) electrons. The van der Waals surface area contributed by atoms with Gasteiger partial charge in [0.2, 0.25) is 0 Å². The first kappa shape index (κ1) is 15.3. The summed E-state index contributed by atoms with van der Waals surface area (Å²) in [6.07, 6.45) is 2.05. The van der Waals surface area contributed by atoms with Gasteiger partial charge in [-0.2, -0.15) is 8.78 Å². The van der Waals surface area contributed by atoms with Crippen molar-refractivity contribution in [1.82, 2.24) is 0 Å². The lowest BCUT2D eigenvalue weighted by Gasteiger charge is -2.20. The third-order valence-corrected chi connectivity index (χ3v) is 3.20. The predicted octanol–water partition coefficient (Wildman–Crippen LogP) is 5.24. The Morgan fingerprint density at radius 3 is 2.24 bits per heavy atom. The number of halogens is 2. The molecule has 0 aliphatic rings. The van der Waals surface area contributed by atoms with E-state index in [-0.39, 0.29) is 11.8 Å². The Hall–Kier alpha value is -2.10. The Kier molecular flexibility index (Phi) is 5.55. The molecule has 0 saturated heterocycles. The van der Waals surface area contributed by atoms with Crippen molar-refractivity contribution in [3.63, 3.8) is 0 Å². The standard InChI is InChI=1S/C17H19F2NO/c1-2-6-16(13-7-4-3-5-8-13)20-14-9-11-15(12-10-14)21-17(18)19/h3-5,7-12,16-17,20H,2,6H2,1H3. The van der Waals surface area contributed by atoms with Gasteiger partial charge in [-0.25, -0.2) is 0 Å². The van der Waals surface area contributed by atoms with Gasteiger partial charge in [-0.15, -0.1) is 0 Å². The zero-order chi connectivity index (χ0) is 15.1. The molecule has 0 amide bonds. The van der Waals surface area contributed by atoms with Gasteiger partial charge in [0.05, 0.1) is 6.04 Å². The van der Waals surface area contributed by atoms with Crippen molar-refractivity contribution < 1.29 is 13.5 Å². The van der Waals surface area contributed by atoms with Gasteiger partial charge < -0.3 is 10.1 Å². The fraction of sp³-hybridized carbons (Fsp3) is 0.294. The van der Waals surface area contributed by atoms with Crippen molar-refractivity contribution in [3.05, 3.63) is 60.2 Å². The number of rotatable bonds is 7. The molecular formula is C17H19F2NO. The molecule has 1 atom stereocenters. The van der Waals surface area contributed by atoms with E-state index in [9.17, 15) is 8.78 Å². The van der Waals surface area contributed by atoms with Crippen LogP contribution in [0, 0.1) is 0 Å². The fourth-order valence-corrected chi connectivity index (χ4v) is 2.23. The summed E-state index contributed by atoms with van der Waals surface area (Å²) in [5.41, 5.74) is 2.10. The second kappa shape index (κ2) is 7.62. The maximum atomic E-state index is 12.1. The highest BCUT2D eigenvalue weighted by Gasteiger charge is 2.10. The van der Waals surface area contributed by atoms with E-state index in [4.69, 9.17) is 0 Å². The minimum atomic E-state index is -2.79. The minimum absolute atomic E-state index is 0.169. The van der Waals surface area contributed by atoms with Gasteiger partial charge in [0.25, 0.3) is 0 Å². The maximum absolute atomic E-state index is 12.1. The Labute approximate surface area is 123 Å². The van der Waals surface area contributed by atoms with Crippen molar-refractivity contribution in [2.75, 3.05) is 5.32 Å². The highest BCUT2D eigenvalue weighted by molar-refractivity contribution is 5.48. The van der Waals surface area contributed by atoms with E-state index < -0.39 is 6.61 Å². The third-order valence-electron chi connectivity index (χ3n) is 3.20. The van der Waals surface area contributed by atoms with Crippen LogP contribution in [0.5, 0.6) is 5.75 Å². The van der Waals surface area contributed by atoms with Gasteiger partial charge in [-0.05, 0) is 36.2 Å². The van der Waals surface area contributed by atoms with Crippen LogP contribution in [-0.4, -0.2) is 6.61 Å². The zero-order valence-electron chi connectivity index (χ0n) is 11.9. The average molecular weight is 291 g/mol. The van der Waals surface area contributed by atoms with Gasteiger partial charge in [-0.3, -0.25) is 0 Å². The van der Waals surface area contributed by atoms with Gasteiger partial charge in [0.15, 0.2) is 0 Å². The van der Waals surface area contributed by atoms with Crippen LogP contribution in [0.25, 0.3) is 0 Å². The van der Waals surface area contributed by atoms with Crippen molar-refractivity contribution in [3.8, 4) is 5.75 Å². The molecule has 0 heterocycles. The number of nitrogens with one attached hydrogen (secondary N) is 1. The minimum Gasteiger partial charge on any atom is -0.435 e. The van der Waals surface area contributed by atoms with Gasteiger partial charge in [-0.1, -0.05) is 43.7 Å². The summed E-state index contributed by atoms with van der Waals surface area (Å²) in [4.78, 5) is 0. The van der Waals surface area contributed by atoms with Crippen LogP contribution in [0.15, 0.2) is 54.6 Å². The van der Waals surface area contributed by atoms with E-state index in [2.05, 4.69) is 29.1 Å². The van der Waals surface area contributed by atoms with E-state index in [0.717, 1.165) is 18.5 Å². The number of hydrogen-bond donors (Lipinski definition) is 1. The van der Waals surface area contributed by atoms with Gasteiger partial charge in [0, 0.05) is 5.69 Å². The van der Waals surface area contributed by atoms with Crippen molar-refractivity contribution >= 4 is 5.69 Å². The molecule has 0 bridgehead atoms. The smallest absolute Gasteiger partial charge is 0.387 e. The van der Waals surface area contributed by atoms with Crippen molar-refractivity contribution in [2.24, 2.45) is 0 Å². The first-order valence-corrected chi connectivity index (χ1v) is 7.05. The van der Waals surface area contributed by atoms with Crippen LogP contribution in [0.4, 0.5) is 14.5 Å². The lowest BCUT2D eigenvalue weighted by molar-refractivity contribution is -0.0498. The van der Waals surface area contributed by atoms with E-state index in [1.807, 2.05) is 18.2 Å². The molecule has 2 rings (SSSR count). The average Bonchev–Trinajstić information content (AvgIpc) is 2.49. The quantitative estimate of drug-likeness (QED) is 0.753. The summed E-state index contributed by atoms with van der Waals surface area (Å²) in [5, 5.41) is 3.43. The SMILES string of the molecule is CCCC(Nc1ccc(OC(F)F)cc1)c1ccccc1. The molecule has 0 saturated carbocycles. The normalized spacial score (nSPS) is 12.2. The first-order chi connectivity index (χ1) is 10.2. The Bertz CT molecular complexity index is 528. The van der Waals surface area contributed by atoms with Crippen LogP contribution in [0.3, 0.4) is 0 Å². The number of benzene rings is 2. The first-order valence-electron chi connectivity index (χ1n) is 7.05. The molecule has 2 aromatic rings. The lowest BCUT2D eigenvalue weighted by atomic mass is 10.0. The van der Waals surface area contributed by atoms with Crippen molar-refractivity contribution in [1.29, 1.82) is 0 Å². The van der Waals surface area contributed by atoms with E-state index in [1.54, 1.807) is 24.3 Å². The second-order valence-corrected chi connectivity index (χ2v) is 4.80. The van der Waals surface area contributed by atoms with Crippen LogP contribution >= 0.6 is 0 Å². The molecular weight excluding hydrogens is 272 g/mol. The largest absolute Gasteiger partial charge is 0.435 e. The Morgan fingerprint density at radius 2 is 1.67 bits per heavy atom. The number of ether oxygens (including phenoxy) is 1. The molecule has 21 heavy (non-hydrogen) atoms. The Balaban J connectivity index is 2.06. The lowest BCUT2D eigenvalue weighted by Crippen LogP contribution is -2.10. The van der Waals surface area contributed by atoms with Crippen LogP contribution in [0.1, 0.15) is 31.4 Å². The monoisotopic (exact) mass is 291 g/mol. The fourth-order valence-electron chi connectivity index (χ4n) is 2.23. The molecule has 0 aromatic heterocycles. The molecule has 0 fully saturated rings. The van der Waals surface area contributed by atoms with Gasteiger partial charge in [0.1, 0.15) is 5.75 Å². The summed E-state index contributed by atoms with van der Waals surface area (Å²) in [7, 11) is 0. The van der Waals surface area contributed by atoms with E-state index >= 15 is 0 Å². The predicted molar refractivity (Wildman–Crippen MR) is 80.8 cm³/mol. The molecule has 112 valence electrons. The second-order valence-electron chi connectivity index (χ2n) is 4.80. The topological polar surface area (TPSA) is 21.3 Å². The van der Waals surface area contributed by atoms with Crippen LogP contribution in [0.2, 0.25) is 0 Å². The highest BCUT2D eigenvalue weighted by atomic mass is 19.3. The zero-order valence-corrected chi connectivity index (χ0v) is 11.9. The summed E-state index contributed by atoms with van der Waals surface area (Å²) in [6, 6.07) is 17.0. The molecule has 2 nitrogen and oxygen atoms in total. The number of anilines is 1. The van der Waals surface area contributed by atoms with Gasteiger partial charge >= 0.3 is 6.61 Å². The van der Waals surface area contributed by atoms with E-state index in [1.165, 1.54) is 5.56 Å². The molecule has 0 spiro atoms. The van der Waals surface area contributed by atoms with Crippen molar-refractivity contribution in [2.45, 2.75) is 32.4 Å². The molecule has 2 aromatic carbocycles. The molecule has 1 unspecified atom stereocenters. The molecule has 0 aliphatic heterocycles.